The molecule has 0 aliphatic carbocycles. The quantitative estimate of drug-likeness (QED) is 0.704. The van der Waals surface area contributed by atoms with E-state index in [1.54, 1.807) is 0 Å². The van der Waals surface area contributed by atoms with E-state index in [9.17, 15) is 4.79 Å². The molecule has 0 aromatic heterocycles. The third kappa shape index (κ3) is 10.1. The summed E-state index contributed by atoms with van der Waals surface area (Å²) in [6, 6.07) is 0. The van der Waals surface area contributed by atoms with E-state index < -0.39 is 6.09 Å². The van der Waals surface area contributed by atoms with Gasteiger partial charge in [-0.15, -0.1) is 0 Å². The van der Waals surface area contributed by atoms with Crippen molar-refractivity contribution in [1.29, 1.82) is 0 Å². The van der Waals surface area contributed by atoms with Crippen LogP contribution in [-0.4, -0.2) is 25.9 Å². The third-order valence-electron chi connectivity index (χ3n) is 2.21. The molecule has 0 fully saturated rings. The molecule has 0 aromatic rings. The molecule has 0 unspecified atom stereocenters. The van der Waals surface area contributed by atoms with Gasteiger partial charge in [0, 0.05) is 6.54 Å². The van der Waals surface area contributed by atoms with Gasteiger partial charge in [0.25, 0.3) is 0 Å². The van der Waals surface area contributed by atoms with E-state index in [2.05, 4.69) is 44.8 Å². The Labute approximate surface area is 104 Å². The average Bonchev–Trinajstić information content (AvgIpc) is 2.14. The van der Waals surface area contributed by atoms with Gasteiger partial charge in [0.15, 0.2) is 0 Å². The highest BCUT2D eigenvalue weighted by atomic mass is 16.7. The van der Waals surface area contributed by atoms with Crippen molar-refractivity contribution in [3.8, 4) is 0 Å². The number of hydrogen-bond acceptors (Lipinski definition) is 4. The Balaban J connectivity index is 3.76. The number of hydrogen-bond donors (Lipinski definition) is 2. The molecule has 0 aliphatic rings. The maximum Gasteiger partial charge on any atom is 0.425 e. The second-order valence-electron chi connectivity index (χ2n) is 6.30. The van der Waals surface area contributed by atoms with Crippen LogP contribution in [0.5, 0.6) is 0 Å². The minimum Gasteiger partial charge on any atom is -0.380 e. The number of carbonyl (C=O) groups excluding carboxylic acids is 1. The maximum absolute atomic E-state index is 10.8. The molecule has 0 bridgehead atoms. The molecule has 0 radical (unpaired) electrons. The molecule has 5 nitrogen and oxygen atoms in total. The Hall–Kier alpha value is -0.810. The van der Waals surface area contributed by atoms with Gasteiger partial charge in [-0.05, 0) is 17.3 Å². The van der Waals surface area contributed by atoms with E-state index in [4.69, 9.17) is 10.6 Å². The number of ether oxygens (including phenoxy) is 1. The van der Waals surface area contributed by atoms with Gasteiger partial charge in [-0.2, -0.15) is 5.90 Å². The van der Waals surface area contributed by atoms with E-state index in [1.807, 2.05) is 0 Å². The van der Waals surface area contributed by atoms with E-state index in [1.165, 1.54) is 0 Å². The summed E-state index contributed by atoms with van der Waals surface area (Å²) in [6.45, 7) is 12.5. The monoisotopic (exact) mass is 246 g/mol. The zero-order chi connectivity index (χ0) is 13.5. The van der Waals surface area contributed by atoms with Gasteiger partial charge >= 0.3 is 6.09 Å². The minimum absolute atomic E-state index is 0.0210. The summed E-state index contributed by atoms with van der Waals surface area (Å²) in [7, 11) is 0. The van der Waals surface area contributed by atoms with Crippen LogP contribution >= 0.6 is 0 Å². The molecule has 0 saturated heterocycles. The van der Waals surface area contributed by atoms with Gasteiger partial charge < -0.3 is 14.9 Å². The predicted octanol–water partition coefficient (Wildman–Crippen LogP) is 2.07. The Morgan fingerprint density at radius 1 is 1.18 bits per heavy atom. The largest absolute Gasteiger partial charge is 0.425 e. The maximum atomic E-state index is 10.8. The summed E-state index contributed by atoms with van der Waals surface area (Å²) in [5, 5.41) is 2.55. The third-order valence-corrected chi connectivity index (χ3v) is 2.21. The Morgan fingerprint density at radius 2 is 1.76 bits per heavy atom. The highest BCUT2D eigenvalue weighted by Gasteiger charge is 2.20. The van der Waals surface area contributed by atoms with Crippen LogP contribution in [0.25, 0.3) is 0 Å². The van der Waals surface area contributed by atoms with E-state index >= 15 is 0 Å². The second kappa shape index (κ2) is 6.81. The van der Waals surface area contributed by atoms with Gasteiger partial charge in [0.2, 0.25) is 0 Å². The average molecular weight is 246 g/mol. The van der Waals surface area contributed by atoms with Gasteiger partial charge in [-0.25, -0.2) is 4.79 Å². The zero-order valence-corrected chi connectivity index (χ0v) is 11.6. The minimum atomic E-state index is -0.601. The molecule has 0 atom stereocenters. The fourth-order valence-corrected chi connectivity index (χ4v) is 1.25. The molecule has 17 heavy (non-hydrogen) atoms. The van der Waals surface area contributed by atoms with Gasteiger partial charge in [0.1, 0.15) is 0 Å². The van der Waals surface area contributed by atoms with E-state index in [0.29, 0.717) is 13.2 Å². The van der Waals surface area contributed by atoms with Crippen LogP contribution in [0.1, 0.15) is 41.0 Å². The molecule has 0 heterocycles. The van der Waals surface area contributed by atoms with Crippen molar-refractivity contribution in [2.45, 2.75) is 41.0 Å². The van der Waals surface area contributed by atoms with Gasteiger partial charge in [-0.1, -0.05) is 34.6 Å². The Bertz CT molecular complexity index is 234. The summed E-state index contributed by atoms with van der Waals surface area (Å²) in [5.41, 5.74) is 0.199. The van der Waals surface area contributed by atoms with Crippen LogP contribution in [0.3, 0.4) is 0 Å². The van der Waals surface area contributed by atoms with Crippen molar-refractivity contribution in [2.75, 3.05) is 19.8 Å². The van der Waals surface area contributed by atoms with Gasteiger partial charge in [0.05, 0.1) is 13.2 Å². The van der Waals surface area contributed by atoms with Gasteiger partial charge in [-0.3, -0.25) is 0 Å². The zero-order valence-electron chi connectivity index (χ0n) is 11.6. The van der Waals surface area contributed by atoms with Crippen LogP contribution in [0, 0.1) is 10.8 Å². The van der Waals surface area contributed by atoms with E-state index in [0.717, 1.165) is 13.0 Å². The fraction of sp³-hybridized carbons (Fsp3) is 0.917. The predicted molar refractivity (Wildman–Crippen MR) is 67.3 cm³/mol. The van der Waals surface area contributed by atoms with Crippen LogP contribution in [0.2, 0.25) is 0 Å². The molecule has 0 saturated carbocycles. The summed E-state index contributed by atoms with van der Waals surface area (Å²) in [5.74, 6) is 4.71. The lowest BCUT2D eigenvalue weighted by Crippen LogP contribution is -2.32. The summed E-state index contributed by atoms with van der Waals surface area (Å²) < 4.78 is 5.68. The van der Waals surface area contributed by atoms with E-state index in [-0.39, 0.29) is 10.8 Å². The van der Waals surface area contributed by atoms with Crippen LogP contribution in [0.15, 0.2) is 0 Å². The second-order valence-corrected chi connectivity index (χ2v) is 6.30. The lowest BCUT2D eigenvalue weighted by atomic mass is 9.90. The molecule has 0 aliphatic heterocycles. The fourth-order valence-electron chi connectivity index (χ4n) is 1.25. The topological polar surface area (TPSA) is 73.6 Å². The van der Waals surface area contributed by atoms with Crippen LogP contribution in [-0.2, 0) is 9.57 Å². The molecule has 102 valence electrons. The number of nitrogens with two attached hydrogens (primary N) is 1. The number of nitrogens with one attached hydrogen (secondary N) is 1. The molecule has 5 heteroatoms. The molecule has 0 rings (SSSR count). The molecule has 0 spiro atoms. The van der Waals surface area contributed by atoms with Crippen molar-refractivity contribution in [3.05, 3.63) is 0 Å². The molecular weight excluding hydrogens is 220 g/mol. The van der Waals surface area contributed by atoms with Crippen LogP contribution in [0.4, 0.5) is 4.79 Å². The van der Waals surface area contributed by atoms with Crippen molar-refractivity contribution in [1.82, 2.24) is 5.32 Å². The molecule has 0 aromatic carbocycles. The molecule has 1 amide bonds. The molecule has 3 N–H and O–H groups in total. The highest BCUT2D eigenvalue weighted by Crippen LogP contribution is 2.22. The number of amides is 1. The number of rotatable bonds is 6. The molecular formula is C12H26N2O3. The lowest BCUT2D eigenvalue weighted by molar-refractivity contribution is 0.0182. The summed E-state index contributed by atoms with van der Waals surface area (Å²) in [6.07, 6.45) is 0.211. The first-order valence-corrected chi connectivity index (χ1v) is 5.89. The summed E-state index contributed by atoms with van der Waals surface area (Å²) in [4.78, 5) is 14.8. The van der Waals surface area contributed by atoms with Crippen molar-refractivity contribution < 1.29 is 14.4 Å². The van der Waals surface area contributed by atoms with Crippen molar-refractivity contribution >= 4 is 6.09 Å². The SMILES string of the molecule is CC(C)(C)COCC(C)(C)CCNC(=O)ON. The van der Waals surface area contributed by atoms with Crippen LogP contribution < -0.4 is 11.2 Å². The highest BCUT2D eigenvalue weighted by molar-refractivity contribution is 5.66. The first kappa shape index (κ1) is 16.2. The Kier molecular flexibility index (Phi) is 6.49. The van der Waals surface area contributed by atoms with Crippen molar-refractivity contribution in [2.24, 2.45) is 16.7 Å². The van der Waals surface area contributed by atoms with Crippen molar-refractivity contribution in [3.63, 3.8) is 0 Å². The lowest BCUT2D eigenvalue weighted by Gasteiger charge is -2.27. The first-order chi connectivity index (χ1) is 7.66. The number of carbonyl (C=O) groups is 1. The normalized spacial score (nSPS) is 12.4. The smallest absolute Gasteiger partial charge is 0.380 e. The first-order valence-electron chi connectivity index (χ1n) is 5.89. The standard InChI is InChI=1S/C12H26N2O3/c1-11(2,3)8-16-9-12(4,5)6-7-14-10(15)17-13/h6-9,13H2,1-5H3,(H,14,15). The Morgan fingerprint density at radius 3 is 2.24 bits per heavy atom. The summed E-state index contributed by atoms with van der Waals surface area (Å²) >= 11 is 0.